The van der Waals surface area contributed by atoms with Gasteiger partial charge in [-0.25, -0.2) is 4.39 Å². The molecule has 0 radical (unpaired) electrons. The van der Waals surface area contributed by atoms with Crippen LogP contribution in [0.4, 0.5) is 10.1 Å². The molecule has 1 aromatic rings. The Labute approximate surface area is 121 Å². The van der Waals surface area contributed by atoms with E-state index in [0.29, 0.717) is 18.2 Å². The second kappa shape index (κ2) is 7.60. The van der Waals surface area contributed by atoms with Crippen LogP contribution in [0.1, 0.15) is 25.8 Å². The van der Waals surface area contributed by atoms with Gasteiger partial charge in [0.2, 0.25) is 0 Å². The summed E-state index contributed by atoms with van der Waals surface area (Å²) in [7, 11) is 0. The average molecular weight is 280 g/mol. The number of hydrogen-bond donors (Lipinski definition) is 1. The summed E-state index contributed by atoms with van der Waals surface area (Å²) in [4.78, 5) is 2.08. The van der Waals surface area contributed by atoms with Crippen molar-refractivity contribution in [2.75, 3.05) is 37.7 Å². The summed E-state index contributed by atoms with van der Waals surface area (Å²) in [6.07, 6.45) is 0.955. The Balaban J connectivity index is 1.97. The van der Waals surface area contributed by atoms with Crippen LogP contribution >= 0.6 is 0 Å². The minimum absolute atomic E-state index is 0.129. The Kier molecular flexibility index (Phi) is 5.80. The lowest BCUT2D eigenvalue weighted by Gasteiger charge is -2.22. The summed E-state index contributed by atoms with van der Waals surface area (Å²) < 4.78 is 19.7. The molecule has 1 saturated heterocycles. The summed E-state index contributed by atoms with van der Waals surface area (Å²) in [6.45, 7) is 9.08. The average Bonchev–Trinajstić information content (AvgIpc) is 2.67. The first-order valence-electron chi connectivity index (χ1n) is 7.48. The zero-order valence-corrected chi connectivity index (χ0v) is 12.5. The van der Waals surface area contributed by atoms with Crippen LogP contribution in [0.3, 0.4) is 0 Å². The van der Waals surface area contributed by atoms with Crippen LogP contribution in [-0.4, -0.2) is 32.8 Å². The molecule has 1 fully saturated rings. The largest absolute Gasteiger partial charge is 0.380 e. The molecular formula is C16H25FN2O. The predicted octanol–water partition coefficient (Wildman–Crippen LogP) is 2.80. The Hall–Kier alpha value is -1.13. The fourth-order valence-electron chi connectivity index (χ4n) is 2.41. The molecule has 1 N–H and O–H groups in total. The molecule has 0 saturated carbocycles. The van der Waals surface area contributed by atoms with E-state index in [0.717, 1.165) is 44.8 Å². The molecule has 1 aliphatic heterocycles. The van der Waals surface area contributed by atoms with Crippen molar-refractivity contribution in [2.24, 2.45) is 5.92 Å². The Morgan fingerprint density at radius 2 is 2.15 bits per heavy atom. The quantitative estimate of drug-likeness (QED) is 0.897. The van der Waals surface area contributed by atoms with Crippen molar-refractivity contribution in [3.05, 3.63) is 29.6 Å². The number of benzene rings is 1. The SMILES string of the molecule is CC(C)CNCc1ccc(N2CCCOCC2)c(F)c1. The summed E-state index contributed by atoms with van der Waals surface area (Å²) in [5.41, 5.74) is 1.70. The number of rotatable bonds is 5. The monoisotopic (exact) mass is 280 g/mol. The predicted molar refractivity (Wildman–Crippen MR) is 80.6 cm³/mol. The van der Waals surface area contributed by atoms with E-state index < -0.39 is 0 Å². The van der Waals surface area contributed by atoms with Gasteiger partial charge in [0, 0.05) is 26.2 Å². The van der Waals surface area contributed by atoms with Gasteiger partial charge < -0.3 is 15.0 Å². The lowest BCUT2D eigenvalue weighted by atomic mass is 10.1. The first-order valence-corrected chi connectivity index (χ1v) is 7.48. The topological polar surface area (TPSA) is 24.5 Å². The molecule has 20 heavy (non-hydrogen) atoms. The van der Waals surface area contributed by atoms with Gasteiger partial charge in [-0.1, -0.05) is 19.9 Å². The van der Waals surface area contributed by atoms with Crippen molar-refractivity contribution in [3.63, 3.8) is 0 Å². The van der Waals surface area contributed by atoms with Gasteiger partial charge in [-0.3, -0.25) is 0 Å². The molecule has 3 nitrogen and oxygen atoms in total. The first-order chi connectivity index (χ1) is 9.66. The van der Waals surface area contributed by atoms with E-state index in [-0.39, 0.29) is 5.82 Å². The second-order valence-corrected chi connectivity index (χ2v) is 5.76. The maximum atomic E-state index is 14.2. The van der Waals surface area contributed by atoms with Gasteiger partial charge in [0.1, 0.15) is 5.82 Å². The molecule has 1 aromatic carbocycles. The van der Waals surface area contributed by atoms with Crippen LogP contribution in [0.5, 0.6) is 0 Å². The third kappa shape index (κ3) is 4.46. The third-order valence-corrected chi connectivity index (χ3v) is 3.46. The molecular weight excluding hydrogens is 255 g/mol. The van der Waals surface area contributed by atoms with E-state index in [2.05, 4.69) is 24.1 Å². The van der Waals surface area contributed by atoms with Gasteiger partial charge >= 0.3 is 0 Å². The summed E-state index contributed by atoms with van der Waals surface area (Å²) in [5, 5.41) is 3.34. The Morgan fingerprint density at radius 3 is 2.90 bits per heavy atom. The van der Waals surface area contributed by atoms with Crippen LogP contribution in [0.25, 0.3) is 0 Å². The van der Waals surface area contributed by atoms with Crippen molar-refractivity contribution in [1.29, 1.82) is 0 Å². The molecule has 0 aromatic heterocycles. The Bertz CT molecular complexity index is 415. The highest BCUT2D eigenvalue weighted by Crippen LogP contribution is 2.21. The maximum absolute atomic E-state index is 14.2. The van der Waals surface area contributed by atoms with Crippen LogP contribution in [0, 0.1) is 11.7 Å². The molecule has 4 heteroatoms. The maximum Gasteiger partial charge on any atom is 0.146 e. The number of nitrogens with zero attached hydrogens (tertiary/aromatic N) is 1. The fraction of sp³-hybridized carbons (Fsp3) is 0.625. The zero-order chi connectivity index (χ0) is 14.4. The molecule has 1 aliphatic rings. The van der Waals surface area contributed by atoms with Crippen molar-refractivity contribution in [3.8, 4) is 0 Å². The van der Waals surface area contributed by atoms with Crippen molar-refractivity contribution < 1.29 is 9.13 Å². The molecule has 0 aliphatic carbocycles. The van der Waals surface area contributed by atoms with Gasteiger partial charge in [0.15, 0.2) is 0 Å². The highest BCUT2D eigenvalue weighted by Gasteiger charge is 2.14. The van der Waals surface area contributed by atoms with Crippen molar-refractivity contribution in [1.82, 2.24) is 5.32 Å². The van der Waals surface area contributed by atoms with Gasteiger partial charge in [0.05, 0.1) is 12.3 Å². The third-order valence-electron chi connectivity index (χ3n) is 3.46. The number of anilines is 1. The van der Waals surface area contributed by atoms with E-state index in [1.54, 1.807) is 6.07 Å². The van der Waals surface area contributed by atoms with Gasteiger partial charge in [-0.05, 0) is 36.6 Å². The lowest BCUT2D eigenvalue weighted by Crippen LogP contribution is -2.27. The lowest BCUT2D eigenvalue weighted by molar-refractivity contribution is 0.152. The van der Waals surface area contributed by atoms with Gasteiger partial charge in [-0.15, -0.1) is 0 Å². The standard InChI is InChI=1S/C16H25FN2O/c1-13(2)11-18-12-14-4-5-16(15(17)10-14)19-6-3-8-20-9-7-19/h4-5,10,13,18H,3,6-9,11-12H2,1-2H3. The highest BCUT2D eigenvalue weighted by molar-refractivity contribution is 5.49. The molecule has 2 rings (SSSR count). The van der Waals surface area contributed by atoms with E-state index in [1.165, 1.54) is 0 Å². The zero-order valence-electron chi connectivity index (χ0n) is 12.5. The molecule has 0 unspecified atom stereocenters. The first kappa shape index (κ1) is 15.3. The molecule has 0 bridgehead atoms. The molecule has 0 atom stereocenters. The summed E-state index contributed by atoms with van der Waals surface area (Å²) >= 11 is 0. The van der Waals surface area contributed by atoms with Crippen LogP contribution < -0.4 is 10.2 Å². The van der Waals surface area contributed by atoms with E-state index in [4.69, 9.17) is 4.74 Å². The van der Waals surface area contributed by atoms with Gasteiger partial charge in [0.25, 0.3) is 0 Å². The minimum atomic E-state index is -0.129. The van der Waals surface area contributed by atoms with E-state index in [9.17, 15) is 4.39 Å². The minimum Gasteiger partial charge on any atom is -0.380 e. The van der Waals surface area contributed by atoms with Crippen LogP contribution in [0.15, 0.2) is 18.2 Å². The number of hydrogen-bond acceptors (Lipinski definition) is 3. The molecule has 112 valence electrons. The highest BCUT2D eigenvalue weighted by atomic mass is 19.1. The molecule has 0 spiro atoms. The number of ether oxygens (including phenoxy) is 1. The van der Waals surface area contributed by atoms with Crippen molar-refractivity contribution in [2.45, 2.75) is 26.8 Å². The molecule has 0 amide bonds. The summed E-state index contributed by atoms with van der Waals surface area (Å²) in [6, 6.07) is 5.55. The Morgan fingerprint density at radius 1 is 1.30 bits per heavy atom. The second-order valence-electron chi connectivity index (χ2n) is 5.76. The summed E-state index contributed by atoms with van der Waals surface area (Å²) in [5.74, 6) is 0.479. The van der Waals surface area contributed by atoms with Crippen LogP contribution in [-0.2, 0) is 11.3 Å². The van der Waals surface area contributed by atoms with Crippen molar-refractivity contribution >= 4 is 5.69 Å². The van der Waals surface area contributed by atoms with E-state index in [1.807, 2.05) is 12.1 Å². The number of halogens is 1. The smallest absolute Gasteiger partial charge is 0.146 e. The fourth-order valence-corrected chi connectivity index (χ4v) is 2.41. The van der Waals surface area contributed by atoms with E-state index >= 15 is 0 Å². The van der Waals surface area contributed by atoms with Gasteiger partial charge in [-0.2, -0.15) is 0 Å². The molecule has 1 heterocycles. The normalized spacial score (nSPS) is 16.5. The number of nitrogens with one attached hydrogen (secondary N) is 1. The van der Waals surface area contributed by atoms with Crippen LogP contribution in [0.2, 0.25) is 0 Å².